The summed E-state index contributed by atoms with van der Waals surface area (Å²) in [4.78, 5) is 38.7. The molecule has 1 fully saturated rings. The van der Waals surface area contributed by atoms with Gasteiger partial charge in [0.15, 0.2) is 11.5 Å². The van der Waals surface area contributed by atoms with Crippen LogP contribution >= 0.6 is 0 Å². The van der Waals surface area contributed by atoms with Crippen LogP contribution in [0.4, 0.5) is 29.1 Å². The number of fused-ring (bicyclic) bond motifs is 1. The zero-order chi connectivity index (χ0) is 34.1. The van der Waals surface area contributed by atoms with E-state index in [2.05, 4.69) is 34.7 Å². The molecule has 1 aliphatic heterocycles. The molecule has 4 aromatic rings. The predicted molar refractivity (Wildman–Crippen MR) is 167 cm³/mol. The van der Waals surface area contributed by atoms with Crippen molar-refractivity contribution in [2.45, 2.75) is 39.4 Å². The third kappa shape index (κ3) is 8.61. The maximum absolute atomic E-state index is 14.1. The number of nitrogens with zero attached hydrogens (tertiary/aromatic N) is 7. The molecule has 11 nitrogen and oxygen atoms in total. The summed E-state index contributed by atoms with van der Waals surface area (Å²) in [5.41, 5.74) is 0.484. The number of carboxylic acids is 1. The first kappa shape index (κ1) is 37.4. The first-order valence-electron chi connectivity index (χ1n) is 15.1. The van der Waals surface area contributed by atoms with E-state index >= 15 is 0 Å². The van der Waals surface area contributed by atoms with Gasteiger partial charge in [0, 0.05) is 69.9 Å². The van der Waals surface area contributed by atoms with Crippen molar-refractivity contribution >= 4 is 28.6 Å². The fourth-order valence-corrected chi connectivity index (χ4v) is 5.98. The predicted octanol–water partition coefficient (Wildman–Crippen LogP) is 1.00. The summed E-state index contributed by atoms with van der Waals surface area (Å²) in [6, 6.07) is 4.57. The van der Waals surface area contributed by atoms with Gasteiger partial charge in [0.05, 0.1) is 35.9 Å². The number of rotatable bonds is 11. The molecule has 0 radical (unpaired) electrons. The Morgan fingerprint density at radius 3 is 2.50 bits per heavy atom. The van der Waals surface area contributed by atoms with Crippen molar-refractivity contribution in [1.29, 1.82) is 0 Å². The number of methoxy groups -OCH3 is 1. The number of aromatic amines is 1. The van der Waals surface area contributed by atoms with E-state index in [4.69, 9.17) is 4.74 Å². The molecular formula is C32H37F4N8NaO3. The Kier molecular flexibility index (Phi) is 11.7. The largest absolute Gasteiger partial charge is 1.00 e. The first-order valence-corrected chi connectivity index (χ1v) is 15.1. The first-order chi connectivity index (χ1) is 22.1. The van der Waals surface area contributed by atoms with Gasteiger partial charge in [0.1, 0.15) is 22.8 Å². The fourth-order valence-electron chi connectivity index (χ4n) is 5.98. The topological polar surface area (TPSA) is 126 Å². The third-order valence-electron chi connectivity index (χ3n) is 8.19. The van der Waals surface area contributed by atoms with Gasteiger partial charge >= 0.3 is 35.7 Å². The van der Waals surface area contributed by atoms with E-state index in [1.165, 1.54) is 6.07 Å². The number of halogens is 4. The Balaban J connectivity index is 0.00000520. The number of alkyl halides is 3. The standard InChI is InChI=1S/C32H38F4N8O3.Na/c1-19-16-44(11-10-43(19)9-8-27(45)46)26-15-37-24(14-38-26)29-40-28-25(42(4)17-31(2,3)18-47-5)13-23(39-30(28)41-29)20-6-7-22(33)21(12-20)32(34,35)36;/h6-7,12-15,19H,8-11,16-18H2,1-5H3,(H,45,46)(H,39,40,41);/q;+1/p-1/t19-;/m0./s1. The number of carbonyl (C=O) groups is 1. The number of pyridine rings is 1. The number of aromatic nitrogens is 5. The molecule has 48 heavy (non-hydrogen) atoms. The van der Waals surface area contributed by atoms with Crippen molar-refractivity contribution in [3.05, 3.63) is 48.0 Å². The third-order valence-corrected chi connectivity index (χ3v) is 8.19. The minimum absolute atomic E-state index is 0. The molecule has 0 aliphatic carbocycles. The molecule has 16 heteroatoms. The molecule has 252 valence electrons. The second-order valence-corrected chi connectivity index (χ2v) is 12.7. The number of nitrogens with one attached hydrogen (secondary N) is 1. The fraction of sp³-hybridized carbons (Fsp3) is 0.469. The zero-order valence-corrected chi connectivity index (χ0v) is 29.9. The van der Waals surface area contributed by atoms with Gasteiger partial charge in [-0.3, -0.25) is 4.90 Å². The van der Waals surface area contributed by atoms with Gasteiger partial charge < -0.3 is 29.4 Å². The second kappa shape index (κ2) is 15.0. The number of aliphatic carboxylic acids is 1. The zero-order valence-electron chi connectivity index (χ0n) is 27.9. The average molecular weight is 681 g/mol. The molecule has 0 unspecified atom stereocenters. The van der Waals surface area contributed by atoms with Gasteiger partial charge in [-0.1, -0.05) is 13.8 Å². The molecule has 1 N–H and O–H groups in total. The van der Waals surface area contributed by atoms with Crippen LogP contribution in [0.25, 0.3) is 33.9 Å². The van der Waals surface area contributed by atoms with Crippen LogP contribution in [-0.2, 0) is 15.7 Å². The molecule has 5 rings (SSSR count). The van der Waals surface area contributed by atoms with Gasteiger partial charge in [0.25, 0.3) is 0 Å². The maximum Gasteiger partial charge on any atom is 1.00 e. The smallest absolute Gasteiger partial charge is 0.550 e. The van der Waals surface area contributed by atoms with Gasteiger partial charge in [-0.05, 0) is 37.6 Å². The van der Waals surface area contributed by atoms with E-state index in [0.717, 1.165) is 12.1 Å². The molecule has 1 atom stereocenters. The minimum Gasteiger partial charge on any atom is -0.550 e. The van der Waals surface area contributed by atoms with Gasteiger partial charge in [-0.15, -0.1) is 0 Å². The van der Waals surface area contributed by atoms with Crippen LogP contribution in [0.3, 0.4) is 0 Å². The summed E-state index contributed by atoms with van der Waals surface area (Å²) < 4.78 is 60.2. The van der Waals surface area contributed by atoms with Crippen LogP contribution in [0.5, 0.6) is 0 Å². The van der Waals surface area contributed by atoms with Crippen molar-refractivity contribution in [1.82, 2.24) is 29.8 Å². The van der Waals surface area contributed by atoms with Crippen molar-refractivity contribution in [3.63, 3.8) is 0 Å². The number of hydrogen-bond acceptors (Lipinski definition) is 10. The molecule has 0 bridgehead atoms. The van der Waals surface area contributed by atoms with E-state index in [-0.39, 0.29) is 64.3 Å². The van der Waals surface area contributed by atoms with Gasteiger partial charge in [0.2, 0.25) is 0 Å². The molecule has 0 amide bonds. The molecule has 4 heterocycles. The van der Waals surface area contributed by atoms with Gasteiger partial charge in [-0.25, -0.2) is 24.3 Å². The number of ether oxygens (including phenoxy) is 1. The van der Waals surface area contributed by atoms with Crippen LogP contribution in [0.2, 0.25) is 0 Å². The van der Waals surface area contributed by atoms with Crippen molar-refractivity contribution in [2.75, 3.05) is 63.3 Å². The van der Waals surface area contributed by atoms with Gasteiger partial charge in [-0.2, -0.15) is 13.2 Å². The Morgan fingerprint density at radius 2 is 1.88 bits per heavy atom. The van der Waals surface area contributed by atoms with E-state index in [1.54, 1.807) is 25.6 Å². The Morgan fingerprint density at radius 1 is 1.12 bits per heavy atom. The quantitative estimate of drug-likeness (QED) is 0.181. The Hall–Kier alpha value is -3.37. The average Bonchev–Trinajstić information content (AvgIpc) is 3.43. The summed E-state index contributed by atoms with van der Waals surface area (Å²) in [6.07, 6.45) is -1.67. The molecule has 0 saturated carbocycles. The van der Waals surface area contributed by atoms with Crippen LogP contribution in [0.1, 0.15) is 32.8 Å². The number of H-pyrrole nitrogens is 1. The number of carbonyl (C=O) groups excluding carboxylic acids is 1. The number of carboxylic acid groups (broad SMARTS) is 1. The Labute approximate surface area is 298 Å². The monoisotopic (exact) mass is 680 g/mol. The molecule has 1 saturated heterocycles. The number of piperazine rings is 1. The maximum atomic E-state index is 14.1. The van der Waals surface area contributed by atoms with Crippen LogP contribution < -0.4 is 44.5 Å². The number of benzene rings is 1. The van der Waals surface area contributed by atoms with E-state index in [1.807, 2.05) is 32.7 Å². The van der Waals surface area contributed by atoms with Crippen molar-refractivity contribution in [2.24, 2.45) is 5.41 Å². The molecular weight excluding hydrogens is 643 g/mol. The minimum atomic E-state index is -4.87. The summed E-state index contributed by atoms with van der Waals surface area (Å²) in [6.45, 7) is 9.48. The molecule has 1 aliphatic rings. The SMILES string of the molecule is COCC(C)(C)CN(C)c1cc(-c2ccc(F)c(C(F)(F)F)c2)nc2nc(-c3cnc(N4CCN(CCC(=O)[O-])[C@@H](C)C4)cn3)[nH]c12.[Na+]. The van der Waals surface area contributed by atoms with E-state index in [0.29, 0.717) is 67.9 Å². The van der Waals surface area contributed by atoms with E-state index < -0.39 is 23.5 Å². The number of imidazole rings is 1. The molecule has 0 spiro atoms. The normalized spacial score (nSPS) is 15.9. The second-order valence-electron chi connectivity index (χ2n) is 12.7. The van der Waals surface area contributed by atoms with Crippen LogP contribution in [0, 0.1) is 11.2 Å². The summed E-state index contributed by atoms with van der Waals surface area (Å²) in [7, 11) is 3.47. The van der Waals surface area contributed by atoms with E-state index in [9.17, 15) is 27.5 Å². The summed E-state index contributed by atoms with van der Waals surface area (Å²) in [5.74, 6) is -1.41. The summed E-state index contributed by atoms with van der Waals surface area (Å²) in [5, 5.41) is 10.9. The molecule has 1 aromatic carbocycles. The molecule has 3 aromatic heterocycles. The van der Waals surface area contributed by atoms with Crippen molar-refractivity contribution in [3.8, 4) is 22.8 Å². The number of anilines is 2. The Bertz CT molecular complexity index is 1740. The summed E-state index contributed by atoms with van der Waals surface area (Å²) >= 11 is 0. The number of hydrogen-bond donors (Lipinski definition) is 1. The van der Waals surface area contributed by atoms with Crippen molar-refractivity contribution < 1.29 is 61.8 Å². The van der Waals surface area contributed by atoms with Crippen LogP contribution in [0.15, 0.2) is 36.7 Å². The van der Waals surface area contributed by atoms with Crippen LogP contribution in [-0.4, -0.2) is 95.3 Å².